The molecule has 0 radical (unpaired) electrons. The van der Waals surface area contributed by atoms with E-state index >= 15 is 0 Å². The number of ether oxygens (including phenoxy) is 1. The van der Waals surface area contributed by atoms with Crippen LogP contribution in [0, 0.1) is 0 Å². The fraction of sp³-hybridized carbons (Fsp3) is 0.429. The highest BCUT2D eigenvalue weighted by molar-refractivity contribution is 5.90. The number of amides is 1. The van der Waals surface area contributed by atoms with Crippen LogP contribution in [0.1, 0.15) is 23.2 Å². The van der Waals surface area contributed by atoms with Crippen molar-refractivity contribution in [3.8, 4) is 5.75 Å². The van der Waals surface area contributed by atoms with E-state index in [-0.39, 0.29) is 18.0 Å². The van der Waals surface area contributed by atoms with E-state index in [4.69, 9.17) is 9.84 Å². The molecule has 20 heavy (non-hydrogen) atoms. The summed E-state index contributed by atoms with van der Waals surface area (Å²) in [6.07, 6.45) is 2.14. The highest BCUT2D eigenvalue weighted by atomic mass is 16.5. The van der Waals surface area contributed by atoms with Crippen LogP contribution in [0.5, 0.6) is 5.75 Å². The van der Waals surface area contributed by atoms with Crippen LogP contribution in [0.25, 0.3) is 0 Å². The third-order valence-electron chi connectivity index (χ3n) is 2.88. The van der Waals surface area contributed by atoms with Crippen molar-refractivity contribution in [2.75, 3.05) is 19.7 Å². The fourth-order valence-corrected chi connectivity index (χ4v) is 1.71. The molecular formula is C14H18N2O4. The Bertz CT molecular complexity index is 486. The smallest absolute Gasteiger partial charge is 0.339 e. The van der Waals surface area contributed by atoms with Crippen LogP contribution in [-0.2, 0) is 4.79 Å². The monoisotopic (exact) mass is 278 g/mol. The second kappa shape index (κ2) is 6.91. The van der Waals surface area contributed by atoms with Crippen LogP contribution in [0.2, 0.25) is 0 Å². The number of hydrogen-bond donors (Lipinski definition) is 3. The van der Waals surface area contributed by atoms with E-state index in [2.05, 4.69) is 10.6 Å². The van der Waals surface area contributed by atoms with Crippen molar-refractivity contribution in [1.82, 2.24) is 10.6 Å². The van der Waals surface area contributed by atoms with Gasteiger partial charge in [-0.2, -0.15) is 0 Å². The van der Waals surface area contributed by atoms with Crippen molar-refractivity contribution in [2.24, 2.45) is 0 Å². The van der Waals surface area contributed by atoms with Gasteiger partial charge >= 0.3 is 5.97 Å². The standard InChI is InChI=1S/C14H18N2O4/c17-13(16-10-5-6-10)9-15-7-8-20-12-4-2-1-3-11(12)14(18)19/h1-4,10,15H,5-9H2,(H,16,17)(H,18,19). The second-order valence-electron chi connectivity index (χ2n) is 4.67. The van der Waals surface area contributed by atoms with E-state index in [9.17, 15) is 9.59 Å². The molecule has 2 rings (SSSR count). The van der Waals surface area contributed by atoms with Crippen LogP contribution in [-0.4, -0.2) is 42.7 Å². The average Bonchev–Trinajstić information content (AvgIpc) is 3.22. The summed E-state index contributed by atoms with van der Waals surface area (Å²) in [4.78, 5) is 22.3. The van der Waals surface area contributed by atoms with Gasteiger partial charge in [0.05, 0.1) is 6.54 Å². The first-order valence-electron chi connectivity index (χ1n) is 6.62. The average molecular weight is 278 g/mol. The Kier molecular flexibility index (Phi) is 4.95. The summed E-state index contributed by atoms with van der Waals surface area (Å²) in [6.45, 7) is 1.04. The zero-order valence-corrected chi connectivity index (χ0v) is 11.1. The molecule has 0 saturated heterocycles. The molecule has 6 heteroatoms. The molecule has 1 aliphatic carbocycles. The normalized spacial score (nSPS) is 13.8. The Morgan fingerprint density at radius 2 is 2.05 bits per heavy atom. The minimum atomic E-state index is -1.02. The van der Waals surface area contributed by atoms with Gasteiger partial charge in [0.15, 0.2) is 0 Å². The third-order valence-corrected chi connectivity index (χ3v) is 2.88. The summed E-state index contributed by atoms with van der Waals surface area (Å²) >= 11 is 0. The number of carbonyl (C=O) groups excluding carboxylic acids is 1. The van der Waals surface area contributed by atoms with E-state index in [1.807, 2.05) is 0 Å². The molecule has 1 fully saturated rings. The van der Waals surface area contributed by atoms with Crippen molar-refractivity contribution in [3.05, 3.63) is 29.8 Å². The van der Waals surface area contributed by atoms with Crippen molar-refractivity contribution < 1.29 is 19.4 Å². The number of carboxylic acids is 1. The number of nitrogens with one attached hydrogen (secondary N) is 2. The zero-order chi connectivity index (χ0) is 14.4. The van der Waals surface area contributed by atoms with E-state index in [0.717, 1.165) is 12.8 Å². The van der Waals surface area contributed by atoms with Gasteiger partial charge in [0.1, 0.15) is 17.9 Å². The Balaban J connectivity index is 1.65. The van der Waals surface area contributed by atoms with Crippen LogP contribution in [0.3, 0.4) is 0 Å². The number of aromatic carboxylic acids is 1. The van der Waals surface area contributed by atoms with Crippen molar-refractivity contribution in [3.63, 3.8) is 0 Å². The molecule has 0 atom stereocenters. The van der Waals surface area contributed by atoms with Gasteiger partial charge < -0.3 is 20.5 Å². The molecule has 0 heterocycles. The molecule has 1 amide bonds. The van der Waals surface area contributed by atoms with Gasteiger partial charge in [-0.1, -0.05) is 12.1 Å². The van der Waals surface area contributed by atoms with Crippen LogP contribution < -0.4 is 15.4 Å². The maximum Gasteiger partial charge on any atom is 0.339 e. The van der Waals surface area contributed by atoms with Gasteiger partial charge in [0.2, 0.25) is 5.91 Å². The maximum atomic E-state index is 11.4. The van der Waals surface area contributed by atoms with Crippen LogP contribution in [0.15, 0.2) is 24.3 Å². The molecule has 0 aromatic heterocycles. The molecule has 1 saturated carbocycles. The molecule has 108 valence electrons. The third kappa shape index (κ3) is 4.55. The van der Waals surface area contributed by atoms with Gasteiger partial charge in [0.25, 0.3) is 0 Å². The summed E-state index contributed by atoms with van der Waals surface area (Å²) in [5.41, 5.74) is 0.138. The molecule has 1 aromatic carbocycles. The number of para-hydroxylation sites is 1. The lowest BCUT2D eigenvalue weighted by Gasteiger charge is -2.09. The molecular weight excluding hydrogens is 260 g/mol. The second-order valence-corrected chi connectivity index (χ2v) is 4.67. The van der Waals surface area contributed by atoms with Gasteiger partial charge in [0, 0.05) is 12.6 Å². The Labute approximate surface area is 117 Å². The van der Waals surface area contributed by atoms with Gasteiger partial charge in [-0.3, -0.25) is 4.79 Å². The molecule has 1 aromatic rings. The first kappa shape index (κ1) is 14.3. The first-order chi connectivity index (χ1) is 9.66. The number of carboxylic acid groups (broad SMARTS) is 1. The number of carbonyl (C=O) groups is 2. The van der Waals surface area contributed by atoms with Crippen molar-refractivity contribution in [1.29, 1.82) is 0 Å². The largest absolute Gasteiger partial charge is 0.491 e. The summed E-state index contributed by atoms with van der Waals surface area (Å²) in [6, 6.07) is 6.84. The molecule has 0 aliphatic heterocycles. The Morgan fingerprint density at radius 3 is 2.75 bits per heavy atom. The van der Waals surface area contributed by atoms with E-state index in [0.29, 0.717) is 24.9 Å². The Morgan fingerprint density at radius 1 is 1.30 bits per heavy atom. The number of benzene rings is 1. The lowest BCUT2D eigenvalue weighted by atomic mass is 10.2. The minimum absolute atomic E-state index is 0.0153. The van der Waals surface area contributed by atoms with Gasteiger partial charge in [-0.25, -0.2) is 4.79 Å². The van der Waals surface area contributed by atoms with E-state index < -0.39 is 5.97 Å². The molecule has 0 unspecified atom stereocenters. The summed E-state index contributed by atoms with van der Waals surface area (Å²) in [5.74, 6) is -0.694. The zero-order valence-electron chi connectivity index (χ0n) is 11.1. The molecule has 6 nitrogen and oxygen atoms in total. The lowest BCUT2D eigenvalue weighted by molar-refractivity contribution is -0.120. The summed E-state index contributed by atoms with van der Waals surface area (Å²) in [5, 5.41) is 14.8. The summed E-state index contributed by atoms with van der Waals surface area (Å²) in [7, 11) is 0. The molecule has 3 N–H and O–H groups in total. The Hall–Kier alpha value is -2.08. The van der Waals surface area contributed by atoms with Crippen molar-refractivity contribution in [2.45, 2.75) is 18.9 Å². The highest BCUT2D eigenvalue weighted by Crippen LogP contribution is 2.18. The quantitative estimate of drug-likeness (QED) is 0.607. The molecule has 0 bridgehead atoms. The predicted molar refractivity (Wildman–Crippen MR) is 72.9 cm³/mol. The lowest BCUT2D eigenvalue weighted by Crippen LogP contribution is -2.36. The molecule has 1 aliphatic rings. The van der Waals surface area contributed by atoms with Crippen molar-refractivity contribution >= 4 is 11.9 Å². The van der Waals surface area contributed by atoms with Crippen LogP contribution in [0.4, 0.5) is 0 Å². The predicted octanol–water partition coefficient (Wildman–Crippen LogP) is 0.632. The SMILES string of the molecule is O=C(CNCCOc1ccccc1C(=O)O)NC1CC1. The number of hydrogen-bond acceptors (Lipinski definition) is 4. The highest BCUT2D eigenvalue weighted by Gasteiger charge is 2.22. The minimum Gasteiger partial charge on any atom is -0.491 e. The fourth-order valence-electron chi connectivity index (χ4n) is 1.71. The van der Waals surface area contributed by atoms with Crippen LogP contribution >= 0.6 is 0 Å². The van der Waals surface area contributed by atoms with E-state index in [1.165, 1.54) is 6.07 Å². The summed E-state index contributed by atoms with van der Waals surface area (Å²) < 4.78 is 5.40. The topological polar surface area (TPSA) is 87.7 Å². The van der Waals surface area contributed by atoms with Gasteiger partial charge in [-0.05, 0) is 25.0 Å². The van der Waals surface area contributed by atoms with E-state index in [1.54, 1.807) is 18.2 Å². The molecule has 0 spiro atoms. The first-order valence-corrected chi connectivity index (χ1v) is 6.62. The maximum absolute atomic E-state index is 11.4. The van der Waals surface area contributed by atoms with Gasteiger partial charge in [-0.15, -0.1) is 0 Å². The number of rotatable bonds is 8.